The summed E-state index contributed by atoms with van der Waals surface area (Å²) >= 11 is 6.01. The van der Waals surface area contributed by atoms with E-state index >= 15 is 0 Å². The number of imidazole rings is 1. The summed E-state index contributed by atoms with van der Waals surface area (Å²) in [6.45, 7) is 3.41. The highest BCUT2D eigenvalue weighted by molar-refractivity contribution is 6.30. The van der Waals surface area contributed by atoms with Gasteiger partial charge in [-0.25, -0.2) is 4.98 Å². The smallest absolute Gasteiger partial charge is 0.272 e. The summed E-state index contributed by atoms with van der Waals surface area (Å²) < 4.78 is 3.89. The Bertz CT molecular complexity index is 975. The summed E-state index contributed by atoms with van der Waals surface area (Å²) in [6.07, 6.45) is 6.81. The predicted molar refractivity (Wildman–Crippen MR) is 109 cm³/mol. The van der Waals surface area contributed by atoms with Gasteiger partial charge in [-0.15, -0.1) is 0 Å². The van der Waals surface area contributed by atoms with Crippen LogP contribution in [0.2, 0.25) is 5.02 Å². The molecule has 0 aliphatic carbocycles. The van der Waals surface area contributed by atoms with Crippen molar-refractivity contribution in [1.29, 1.82) is 0 Å². The van der Waals surface area contributed by atoms with Crippen LogP contribution >= 0.6 is 11.6 Å². The lowest BCUT2D eigenvalue weighted by Crippen LogP contribution is -2.43. The maximum absolute atomic E-state index is 13.2. The third-order valence-electron chi connectivity index (χ3n) is 5.32. The molecule has 1 amide bonds. The predicted octanol–water partition coefficient (Wildman–Crippen LogP) is 4.32. The molecule has 0 bridgehead atoms. The molecule has 1 aromatic carbocycles. The van der Waals surface area contributed by atoms with E-state index in [-0.39, 0.29) is 11.9 Å². The summed E-state index contributed by atoms with van der Waals surface area (Å²) in [4.78, 5) is 19.3. The fourth-order valence-electron chi connectivity index (χ4n) is 3.69. The minimum Gasteiger partial charge on any atom is -0.336 e. The number of carbonyl (C=O) groups excluding carboxylic acids is 1. The van der Waals surface area contributed by atoms with Gasteiger partial charge in [-0.2, -0.15) is 5.10 Å². The number of halogens is 1. The Morgan fingerprint density at radius 3 is 2.71 bits per heavy atom. The van der Waals surface area contributed by atoms with Gasteiger partial charge in [0.05, 0.1) is 30.3 Å². The van der Waals surface area contributed by atoms with E-state index in [4.69, 9.17) is 16.7 Å². The number of nitrogens with zero attached hydrogens (tertiary/aromatic N) is 5. The summed E-state index contributed by atoms with van der Waals surface area (Å²) in [5.74, 6) is 0.0154. The fraction of sp³-hybridized carbons (Fsp3) is 0.381. The molecule has 1 unspecified atom stereocenters. The number of hydrogen-bond acceptors (Lipinski definition) is 3. The first kappa shape index (κ1) is 18.7. The van der Waals surface area contributed by atoms with Crippen molar-refractivity contribution in [2.75, 3.05) is 6.54 Å². The molecule has 0 fully saturated rings. The van der Waals surface area contributed by atoms with E-state index in [0.717, 1.165) is 36.2 Å². The van der Waals surface area contributed by atoms with Crippen molar-refractivity contribution in [1.82, 2.24) is 24.2 Å². The number of carbonyl (C=O) groups is 1. The molecule has 1 aliphatic heterocycles. The van der Waals surface area contributed by atoms with E-state index in [0.29, 0.717) is 23.8 Å². The monoisotopic (exact) mass is 397 g/mol. The minimum absolute atomic E-state index is 0.0154. The van der Waals surface area contributed by atoms with E-state index in [1.807, 2.05) is 57.7 Å². The summed E-state index contributed by atoms with van der Waals surface area (Å²) in [7, 11) is 1.95. The normalized spacial score (nSPS) is 16.5. The van der Waals surface area contributed by atoms with Crippen LogP contribution in [0.5, 0.6) is 0 Å². The maximum Gasteiger partial charge on any atom is 0.272 e. The van der Waals surface area contributed by atoms with Crippen LogP contribution in [0.3, 0.4) is 0 Å². The van der Waals surface area contributed by atoms with E-state index in [2.05, 4.69) is 11.9 Å². The number of amides is 1. The van der Waals surface area contributed by atoms with Gasteiger partial charge in [-0.3, -0.25) is 9.48 Å². The van der Waals surface area contributed by atoms with Gasteiger partial charge in [-0.1, -0.05) is 43.5 Å². The molecule has 3 aromatic rings. The molecule has 0 saturated carbocycles. The molecule has 1 atom stereocenters. The number of aryl methyl sites for hydroxylation is 1. The van der Waals surface area contributed by atoms with Crippen LogP contribution in [-0.2, 0) is 13.6 Å². The highest BCUT2D eigenvalue weighted by Crippen LogP contribution is 2.30. The first-order valence-electron chi connectivity index (χ1n) is 9.66. The van der Waals surface area contributed by atoms with Crippen LogP contribution in [0.25, 0.3) is 11.3 Å². The number of aromatic nitrogens is 4. The van der Waals surface area contributed by atoms with Crippen molar-refractivity contribution in [3.63, 3.8) is 0 Å². The summed E-state index contributed by atoms with van der Waals surface area (Å²) in [5, 5.41) is 5.48. The lowest BCUT2D eigenvalue weighted by atomic mass is 10.1. The van der Waals surface area contributed by atoms with Gasteiger partial charge in [0.25, 0.3) is 5.91 Å². The standard InChI is InChI=1S/C21H24ClN5O/c1-3-4-5-17-12-26(13-18-11-23-14-25(18)2)21(28)20-10-19(24-27(17)20)15-6-8-16(22)9-7-15/h6-11,14,17H,3-5,12-13H2,1-2H3. The second-order valence-corrected chi connectivity index (χ2v) is 7.78. The Morgan fingerprint density at radius 1 is 1.25 bits per heavy atom. The molecule has 1 aliphatic rings. The van der Waals surface area contributed by atoms with Gasteiger partial charge in [0.1, 0.15) is 5.69 Å². The Labute approximate surface area is 169 Å². The molecule has 146 valence electrons. The largest absolute Gasteiger partial charge is 0.336 e. The lowest BCUT2D eigenvalue weighted by Gasteiger charge is -2.33. The Morgan fingerprint density at radius 2 is 2.04 bits per heavy atom. The van der Waals surface area contributed by atoms with E-state index < -0.39 is 0 Å². The van der Waals surface area contributed by atoms with Crippen LogP contribution in [0, 0.1) is 0 Å². The Kier molecular flexibility index (Phi) is 5.22. The van der Waals surface area contributed by atoms with Crippen LogP contribution in [0.15, 0.2) is 42.9 Å². The van der Waals surface area contributed by atoms with Crippen molar-refractivity contribution in [2.24, 2.45) is 7.05 Å². The average molecular weight is 398 g/mol. The minimum atomic E-state index is 0.0154. The molecule has 6 nitrogen and oxygen atoms in total. The number of benzene rings is 1. The number of hydrogen-bond donors (Lipinski definition) is 0. The maximum atomic E-state index is 13.2. The molecule has 0 spiro atoms. The molecule has 2 aromatic heterocycles. The SMILES string of the molecule is CCCCC1CN(Cc2cncn2C)C(=O)c2cc(-c3ccc(Cl)cc3)nn21. The van der Waals surface area contributed by atoms with Gasteiger partial charge < -0.3 is 9.47 Å². The number of unbranched alkanes of at least 4 members (excludes halogenated alkanes) is 1. The van der Waals surface area contributed by atoms with Gasteiger partial charge in [-0.05, 0) is 24.6 Å². The van der Waals surface area contributed by atoms with Crippen LogP contribution in [-0.4, -0.2) is 36.7 Å². The van der Waals surface area contributed by atoms with Crippen molar-refractivity contribution >= 4 is 17.5 Å². The molecule has 4 rings (SSSR count). The molecule has 7 heteroatoms. The first-order valence-corrected chi connectivity index (χ1v) is 10.0. The highest BCUT2D eigenvalue weighted by Gasteiger charge is 2.33. The molecule has 0 N–H and O–H groups in total. The zero-order chi connectivity index (χ0) is 19.7. The topological polar surface area (TPSA) is 56.0 Å². The Hall–Kier alpha value is -2.60. The highest BCUT2D eigenvalue weighted by atomic mass is 35.5. The number of fused-ring (bicyclic) bond motifs is 1. The van der Waals surface area contributed by atoms with E-state index in [9.17, 15) is 4.79 Å². The molecule has 0 radical (unpaired) electrons. The van der Waals surface area contributed by atoms with Gasteiger partial charge in [0.15, 0.2) is 0 Å². The summed E-state index contributed by atoms with van der Waals surface area (Å²) in [6, 6.07) is 9.66. The third kappa shape index (κ3) is 3.56. The van der Waals surface area contributed by atoms with Crippen LogP contribution in [0.4, 0.5) is 0 Å². The van der Waals surface area contributed by atoms with Crippen molar-refractivity contribution in [2.45, 2.75) is 38.8 Å². The van der Waals surface area contributed by atoms with Gasteiger partial charge in [0, 0.05) is 30.4 Å². The number of rotatable bonds is 6. The van der Waals surface area contributed by atoms with Gasteiger partial charge >= 0.3 is 0 Å². The first-order chi connectivity index (χ1) is 13.6. The summed E-state index contributed by atoms with van der Waals surface area (Å²) in [5.41, 5.74) is 3.45. The Balaban J connectivity index is 1.68. The quantitative estimate of drug-likeness (QED) is 0.622. The van der Waals surface area contributed by atoms with Gasteiger partial charge in [0.2, 0.25) is 0 Å². The molecular formula is C21H24ClN5O. The zero-order valence-corrected chi connectivity index (χ0v) is 16.9. The van der Waals surface area contributed by atoms with Crippen molar-refractivity contribution in [3.05, 3.63) is 59.3 Å². The fourth-order valence-corrected chi connectivity index (χ4v) is 3.82. The zero-order valence-electron chi connectivity index (χ0n) is 16.2. The second kappa shape index (κ2) is 7.80. The average Bonchev–Trinajstić information content (AvgIpc) is 3.31. The van der Waals surface area contributed by atoms with Crippen molar-refractivity contribution in [3.8, 4) is 11.3 Å². The van der Waals surface area contributed by atoms with E-state index in [1.54, 1.807) is 6.33 Å². The molecule has 0 saturated heterocycles. The lowest BCUT2D eigenvalue weighted by molar-refractivity contribution is 0.0630. The van der Waals surface area contributed by atoms with Crippen LogP contribution in [0.1, 0.15) is 48.4 Å². The third-order valence-corrected chi connectivity index (χ3v) is 5.57. The van der Waals surface area contributed by atoms with Crippen molar-refractivity contribution < 1.29 is 4.79 Å². The molecule has 28 heavy (non-hydrogen) atoms. The molecular weight excluding hydrogens is 374 g/mol. The van der Waals surface area contributed by atoms with Crippen LogP contribution < -0.4 is 0 Å². The molecule has 3 heterocycles. The second-order valence-electron chi connectivity index (χ2n) is 7.34. The van der Waals surface area contributed by atoms with E-state index in [1.165, 1.54) is 0 Å².